The van der Waals surface area contributed by atoms with Crippen molar-refractivity contribution in [3.8, 4) is 0 Å². The van der Waals surface area contributed by atoms with Gasteiger partial charge >= 0.3 is 0 Å². The van der Waals surface area contributed by atoms with Crippen molar-refractivity contribution in [2.24, 2.45) is 5.73 Å². The Labute approximate surface area is 116 Å². The molecule has 0 aliphatic carbocycles. The first-order valence-corrected chi connectivity index (χ1v) is 6.01. The standard InChI is InChI=1S/C12H9BrFN3O2/c13-8-3-1-7(2-4-8)12(19)16-17-6-9(14)5-10(17)11(15)18/h1-6H,(H2,15,18)(H,16,19). The van der Waals surface area contributed by atoms with Crippen LogP contribution in [0.25, 0.3) is 0 Å². The van der Waals surface area contributed by atoms with Gasteiger partial charge in [0.25, 0.3) is 11.8 Å². The van der Waals surface area contributed by atoms with Crippen LogP contribution in [0.1, 0.15) is 20.8 Å². The first-order valence-electron chi connectivity index (χ1n) is 5.22. The second-order valence-corrected chi connectivity index (χ2v) is 4.64. The van der Waals surface area contributed by atoms with Gasteiger partial charge in [0.1, 0.15) is 11.5 Å². The van der Waals surface area contributed by atoms with E-state index < -0.39 is 17.6 Å². The summed E-state index contributed by atoms with van der Waals surface area (Å²) in [6, 6.07) is 7.51. The summed E-state index contributed by atoms with van der Waals surface area (Å²) in [7, 11) is 0. The number of aromatic nitrogens is 1. The van der Waals surface area contributed by atoms with Crippen LogP contribution in [0.2, 0.25) is 0 Å². The molecule has 1 aromatic carbocycles. The van der Waals surface area contributed by atoms with E-state index in [2.05, 4.69) is 21.4 Å². The third-order valence-corrected chi connectivity index (χ3v) is 2.90. The molecule has 2 rings (SSSR count). The molecule has 0 spiro atoms. The van der Waals surface area contributed by atoms with E-state index in [4.69, 9.17) is 5.73 Å². The number of amides is 2. The Balaban J connectivity index is 2.24. The lowest BCUT2D eigenvalue weighted by Gasteiger charge is -2.08. The van der Waals surface area contributed by atoms with Crippen molar-refractivity contribution in [2.45, 2.75) is 0 Å². The van der Waals surface area contributed by atoms with Gasteiger partial charge in [-0.2, -0.15) is 0 Å². The van der Waals surface area contributed by atoms with Crippen molar-refractivity contribution in [3.05, 3.63) is 58.1 Å². The molecule has 0 unspecified atom stereocenters. The summed E-state index contributed by atoms with van der Waals surface area (Å²) in [4.78, 5) is 23.0. The quantitative estimate of drug-likeness (QED) is 0.903. The van der Waals surface area contributed by atoms with E-state index in [0.29, 0.717) is 5.56 Å². The summed E-state index contributed by atoms with van der Waals surface area (Å²) in [6.07, 6.45) is 0.969. The predicted molar refractivity (Wildman–Crippen MR) is 70.7 cm³/mol. The Hall–Kier alpha value is -2.15. The number of primary amides is 1. The highest BCUT2D eigenvalue weighted by Gasteiger charge is 2.13. The smallest absolute Gasteiger partial charge is 0.270 e. The van der Waals surface area contributed by atoms with Gasteiger partial charge in [-0.15, -0.1) is 0 Å². The number of hydrogen-bond acceptors (Lipinski definition) is 2. The molecule has 0 aliphatic heterocycles. The number of hydrogen-bond donors (Lipinski definition) is 2. The largest absolute Gasteiger partial charge is 0.364 e. The third-order valence-electron chi connectivity index (χ3n) is 2.37. The fourth-order valence-corrected chi connectivity index (χ4v) is 1.75. The zero-order valence-corrected chi connectivity index (χ0v) is 11.1. The summed E-state index contributed by atoms with van der Waals surface area (Å²) in [6.45, 7) is 0. The number of nitrogens with zero attached hydrogens (tertiary/aromatic N) is 1. The van der Waals surface area contributed by atoms with E-state index in [9.17, 15) is 14.0 Å². The Morgan fingerprint density at radius 2 is 1.89 bits per heavy atom. The van der Waals surface area contributed by atoms with Gasteiger partial charge < -0.3 is 5.73 Å². The van der Waals surface area contributed by atoms with Crippen molar-refractivity contribution in [3.63, 3.8) is 0 Å². The third kappa shape index (κ3) is 3.00. The van der Waals surface area contributed by atoms with E-state index in [1.807, 2.05) is 0 Å². The molecule has 0 fully saturated rings. The predicted octanol–water partition coefficient (Wildman–Crippen LogP) is 1.87. The molecule has 1 heterocycles. The molecule has 19 heavy (non-hydrogen) atoms. The van der Waals surface area contributed by atoms with Crippen LogP contribution in [-0.4, -0.2) is 16.5 Å². The fourth-order valence-electron chi connectivity index (χ4n) is 1.49. The Kier molecular flexibility index (Phi) is 3.66. The van der Waals surface area contributed by atoms with Gasteiger partial charge in [0, 0.05) is 16.1 Å². The van der Waals surface area contributed by atoms with Gasteiger partial charge in [0.2, 0.25) is 0 Å². The summed E-state index contributed by atoms with van der Waals surface area (Å²) in [5, 5.41) is 0. The van der Waals surface area contributed by atoms with E-state index in [0.717, 1.165) is 21.4 Å². The number of rotatable bonds is 3. The number of nitrogens with one attached hydrogen (secondary N) is 1. The molecule has 2 amide bonds. The van der Waals surface area contributed by atoms with Crippen LogP contribution in [-0.2, 0) is 0 Å². The van der Waals surface area contributed by atoms with Crippen LogP contribution in [0.4, 0.5) is 4.39 Å². The maximum Gasteiger partial charge on any atom is 0.270 e. The number of carbonyl (C=O) groups is 2. The minimum atomic E-state index is -0.833. The average Bonchev–Trinajstić information content (AvgIpc) is 2.71. The number of nitrogens with two attached hydrogens (primary N) is 1. The first-order chi connectivity index (χ1) is 8.97. The maximum absolute atomic E-state index is 13.1. The first kappa shape index (κ1) is 13.3. The van der Waals surface area contributed by atoms with Gasteiger partial charge in [-0.05, 0) is 24.3 Å². The topological polar surface area (TPSA) is 77.1 Å². The number of benzene rings is 1. The molecule has 0 saturated carbocycles. The number of carbonyl (C=O) groups excluding carboxylic acids is 2. The van der Waals surface area contributed by atoms with Crippen LogP contribution in [0, 0.1) is 5.82 Å². The molecule has 0 bridgehead atoms. The lowest BCUT2D eigenvalue weighted by atomic mass is 10.2. The van der Waals surface area contributed by atoms with Crippen LogP contribution in [0.3, 0.4) is 0 Å². The highest BCUT2D eigenvalue weighted by atomic mass is 79.9. The van der Waals surface area contributed by atoms with Crippen molar-refractivity contribution in [1.29, 1.82) is 0 Å². The Bertz CT molecular complexity index is 637. The second-order valence-electron chi connectivity index (χ2n) is 3.73. The van der Waals surface area contributed by atoms with Crippen LogP contribution < -0.4 is 11.2 Å². The van der Waals surface area contributed by atoms with Crippen molar-refractivity contribution < 1.29 is 14.0 Å². The fraction of sp³-hybridized carbons (Fsp3) is 0. The Morgan fingerprint density at radius 1 is 1.26 bits per heavy atom. The average molecular weight is 326 g/mol. The van der Waals surface area contributed by atoms with E-state index >= 15 is 0 Å². The van der Waals surface area contributed by atoms with Gasteiger partial charge in [-0.3, -0.25) is 19.7 Å². The summed E-state index contributed by atoms with van der Waals surface area (Å²) >= 11 is 3.25. The van der Waals surface area contributed by atoms with Gasteiger partial charge in [0.05, 0.1) is 6.20 Å². The molecule has 0 aliphatic rings. The highest BCUT2D eigenvalue weighted by Crippen LogP contribution is 2.11. The zero-order valence-electron chi connectivity index (χ0n) is 9.56. The van der Waals surface area contributed by atoms with Crippen LogP contribution in [0.5, 0.6) is 0 Å². The molecule has 1 aromatic heterocycles. The van der Waals surface area contributed by atoms with Gasteiger partial charge in [0.15, 0.2) is 0 Å². The van der Waals surface area contributed by atoms with Gasteiger partial charge in [-0.1, -0.05) is 15.9 Å². The van der Waals surface area contributed by atoms with Crippen molar-refractivity contribution in [1.82, 2.24) is 4.68 Å². The zero-order chi connectivity index (χ0) is 14.0. The molecule has 0 radical (unpaired) electrons. The Morgan fingerprint density at radius 3 is 2.47 bits per heavy atom. The highest BCUT2D eigenvalue weighted by molar-refractivity contribution is 9.10. The lowest BCUT2D eigenvalue weighted by Crippen LogP contribution is -2.27. The summed E-state index contributed by atoms with van der Waals surface area (Å²) in [5.41, 5.74) is 7.68. The molecule has 98 valence electrons. The minimum Gasteiger partial charge on any atom is -0.364 e. The molecule has 0 atom stereocenters. The second kappa shape index (κ2) is 5.23. The normalized spacial score (nSPS) is 10.2. The molecule has 2 aromatic rings. The molecule has 0 saturated heterocycles. The van der Waals surface area contributed by atoms with Crippen LogP contribution in [0.15, 0.2) is 41.0 Å². The molecule has 5 nitrogen and oxygen atoms in total. The molecule has 3 N–H and O–H groups in total. The number of halogens is 2. The monoisotopic (exact) mass is 325 g/mol. The molecular weight excluding hydrogens is 317 g/mol. The molecule has 7 heteroatoms. The van der Waals surface area contributed by atoms with E-state index in [1.54, 1.807) is 24.3 Å². The maximum atomic E-state index is 13.1. The van der Waals surface area contributed by atoms with E-state index in [1.165, 1.54) is 0 Å². The minimum absolute atomic E-state index is 0.136. The van der Waals surface area contributed by atoms with Gasteiger partial charge in [-0.25, -0.2) is 4.39 Å². The lowest BCUT2D eigenvalue weighted by molar-refractivity contribution is 0.0988. The SMILES string of the molecule is NC(=O)c1cc(F)cn1NC(=O)c1ccc(Br)cc1. The van der Waals surface area contributed by atoms with Crippen LogP contribution >= 0.6 is 15.9 Å². The summed E-state index contributed by atoms with van der Waals surface area (Å²) in [5.74, 6) is -1.98. The summed E-state index contributed by atoms with van der Waals surface area (Å²) < 4.78 is 14.9. The van der Waals surface area contributed by atoms with Crippen molar-refractivity contribution >= 4 is 27.7 Å². The van der Waals surface area contributed by atoms with E-state index in [-0.39, 0.29) is 5.69 Å². The molecular formula is C12H9BrFN3O2. The van der Waals surface area contributed by atoms with Crippen molar-refractivity contribution in [2.75, 3.05) is 5.43 Å².